The summed E-state index contributed by atoms with van der Waals surface area (Å²) >= 11 is 0. The number of hydrogen-bond donors (Lipinski definition) is 1. The highest BCUT2D eigenvalue weighted by atomic mass is 15.0. The minimum atomic E-state index is 0.273. The van der Waals surface area contributed by atoms with E-state index in [0.29, 0.717) is 5.41 Å². The molecule has 2 fully saturated rings. The molecule has 0 bridgehead atoms. The predicted octanol–water partition coefficient (Wildman–Crippen LogP) is 4.23. The van der Waals surface area contributed by atoms with E-state index in [1.165, 1.54) is 38.6 Å². The summed E-state index contributed by atoms with van der Waals surface area (Å²) in [6, 6.07) is 0. The van der Waals surface area contributed by atoms with Crippen molar-refractivity contribution in [1.82, 2.24) is 5.32 Å². The van der Waals surface area contributed by atoms with Gasteiger partial charge in [0, 0.05) is 12.1 Å². The van der Waals surface area contributed by atoms with Gasteiger partial charge in [-0.25, -0.2) is 0 Å². The summed E-state index contributed by atoms with van der Waals surface area (Å²) in [6.45, 7) is 12.9. The second-order valence-corrected chi connectivity index (χ2v) is 7.99. The predicted molar refractivity (Wildman–Crippen MR) is 75.1 cm³/mol. The van der Waals surface area contributed by atoms with Crippen LogP contribution in [0.1, 0.15) is 66.7 Å². The van der Waals surface area contributed by atoms with Crippen LogP contribution in [0.4, 0.5) is 0 Å². The lowest BCUT2D eigenvalue weighted by Gasteiger charge is -2.36. The summed E-state index contributed by atoms with van der Waals surface area (Å²) in [5.74, 6) is 3.09. The van der Waals surface area contributed by atoms with Crippen LogP contribution < -0.4 is 5.32 Å². The van der Waals surface area contributed by atoms with Gasteiger partial charge in [0.15, 0.2) is 0 Å². The maximum absolute atomic E-state index is 3.78. The highest BCUT2D eigenvalue weighted by Crippen LogP contribution is 2.61. The molecule has 0 spiro atoms. The highest BCUT2D eigenvalue weighted by molar-refractivity contribution is 5.04. The Bertz CT molecular complexity index is 253. The van der Waals surface area contributed by atoms with Gasteiger partial charge in [0.1, 0.15) is 0 Å². The smallest absolute Gasteiger partial charge is 0.00967 e. The zero-order valence-corrected chi connectivity index (χ0v) is 12.5. The van der Waals surface area contributed by atoms with Gasteiger partial charge in [-0.05, 0) is 69.6 Å². The molecule has 3 atom stereocenters. The molecule has 0 heterocycles. The van der Waals surface area contributed by atoms with E-state index in [4.69, 9.17) is 0 Å². The number of fused-ring (bicyclic) bond motifs is 1. The van der Waals surface area contributed by atoms with Gasteiger partial charge in [0.05, 0.1) is 0 Å². The Labute approximate surface area is 108 Å². The number of nitrogens with one attached hydrogen (secondary N) is 1. The third-order valence-corrected chi connectivity index (χ3v) is 4.93. The second kappa shape index (κ2) is 4.57. The van der Waals surface area contributed by atoms with Gasteiger partial charge in [0.2, 0.25) is 0 Å². The van der Waals surface area contributed by atoms with Gasteiger partial charge < -0.3 is 5.32 Å². The fourth-order valence-corrected chi connectivity index (χ4v) is 3.73. The molecule has 0 aromatic carbocycles. The molecule has 1 N–H and O–H groups in total. The van der Waals surface area contributed by atoms with Gasteiger partial charge in [-0.3, -0.25) is 0 Å². The van der Waals surface area contributed by atoms with Crippen LogP contribution >= 0.6 is 0 Å². The van der Waals surface area contributed by atoms with E-state index in [-0.39, 0.29) is 5.54 Å². The van der Waals surface area contributed by atoms with Crippen LogP contribution in [-0.2, 0) is 0 Å². The molecule has 0 aromatic heterocycles. The average Bonchev–Trinajstić information content (AvgIpc) is 2.84. The molecule has 1 heteroatoms. The van der Waals surface area contributed by atoms with Crippen molar-refractivity contribution in [2.75, 3.05) is 6.54 Å². The van der Waals surface area contributed by atoms with Crippen LogP contribution in [0.25, 0.3) is 0 Å². The van der Waals surface area contributed by atoms with Crippen LogP contribution in [-0.4, -0.2) is 12.1 Å². The first-order valence-electron chi connectivity index (χ1n) is 7.59. The monoisotopic (exact) mass is 237 g/mol. The molecular weight excluding hydrogens is 206 g/mol. The fourth-order valence-electron chi connectivity index (χ4n) is 3.73. The molecule has 2 aliphatic rings. The Morgan fingerprint density at radius 2 is 1.82 bits per heavy atom. The van der Waals surface area contributed by atoms with Crippen LogP contribution in [0, 0.1) is 23.2 Å². The molecule has 0 amide bonds. The van der Waals surface area contributed by atoms with Crippen molar-refractivity contribution in [1.29, 1.82) is 0 Å². The van der Waals surface area contributed by atoms with E-state index in [1.54, 1.807) is 0 Å². The quantitative estimate of drug-likeness (QED) is 0.754. The van der Waals surface area contributed by atoms with Crippen molar-refractivity contribution in [2.45, 2.75) is 72.3 Å². The third kappa shape index (κ3) is 3.47. The normalized spacial score (nSPS) is 37.9. The molecule has 2 aliphatic carbocycles. The van der Waals surface area contributed by atoms with E-state index < -0.39 is 0 Å². The molecule has 17 heavy (non-hydrogen) atoms. The average molecular weight is 237 g/mol. The van der Waals surface area contributed by atoms with Crippen LogP contribution in [0.3, 0.4) is 0 Å². The Morgan fingerprint density at radius 3 is 2.29 bits per heavy atom. The molecule has 0 aliphatic heterocycles. The van der Waals surface area contributed by atoms with Gasteiger partial charge >= 0.3 is 0 Å². The van der Waals surface area contributed by atoms with E-state index in [1.807, 2.05) is 0 Å². The molecule has 0 aromatic rings. The highest BCUT2D eigenvalue weighted by Gasteiger charge is 2.53. The summed E-state index contributed by atoms with van der Waals surface area (Å²) in [5, 5.41) is 3.78. The number of rotatable bonds is 5. The molecular formula is C16H31N. The van der Waals surface area contributed by atoms with Gasteiger partial charge in [-0.2, -0.15) is 0 Å². The second-order valence-electron chi connectivity index (χ2n) is 7.99. The minimum absolute atomic E-state index is 0.273. The van der Waals surface area contributed by atoms with E-state index in [9.17, 15) is 0 Å². The summed E-state index contributed by atoms with van der Waals surface area (Å²) in [7, 11) is 0. The van der Waals surface area contributed by atoms with Crippen molar-refractivity contribution in [2.24, 2.45) is 23.2 Å². The third-order valence-electron chi connectivity index (χ3n) is 4.93. The molecule has 2 saturated carbocycles. The largest absolute Gasteiger partial charge is 0.312 e. The van der Waals surface area contributed by atoms with E-state index in [2.05, 4.69) is 39.9 Å². The van der Waals surface area contributed by atoms with Crippen LogP contribution in [0.5, 0.6) is 0 Å². The van der Waals surface area contributed by atoms with Crippen molar-refractivity contribution >= 4 is 0 Å². The summed E-state index contributed by atoms with van der Waals surface area (Å²) in [5.41, 5.74) is 0.908. The lowest BCUT2D eigenvalue weighted by atomic mass is 9.75. The summed E-state index contributed by atoms with van der Waals surface area (Å²) < 4.78 is 0. The fraction of sp³-hybridized carbons (Fsp3) is 1.00. The Kier molecular flexibility index (Phi) is 3.60. The lowest BCUT2D eigenvalue weighted by molar-refractivity contribution is 0.176. The standard InChI is InChI=1S/C16H31N/c1-6-12(2)8-16(11-17-15(3,4)5)9-13-7-14(13)10-16/h12-14,17H,6-11H2,1-5H3. The van der Waals surface area contributed by atoms with E-state index in [0.717, 1.165) is 17.8 Å². The first-order chi connectivity index (χ1) is 7.84. The minimum Gasteiger partial charge on any atom is -0.312 e. The van der Waals surface area contributed by atoms with Crippen molar-refractivity contribution < 1.29 is 0 Å². The van der Waals surface area contributed by atoms with Gasteiger partial charge in [-0.1, -0.05) is 20.3 Å². The molecule has 0 radical (unpaired) electrons. The van der Waals surface area contributed by atoms with E-state index >= 15 is 0 Å². The first-order valence-corrected chi connectivity index (χ1v) is 7.59. The lowest BCUT2D eigenvalue weighted by Crippen LogP contribution is -2.44. The van der Waals surface area contributed by atoms with Crippen LogP contribution in [0.15, 0.2) is 0 Å². The topological polar surface area (TPSA) is 12.0 Å². The van der Waals surface area contributed by atoms with Gasteiger partial charge in [-0.15, -0.1) is 0 Å². The van der Waals surface area contributed by atoms with Crippen LogP contribution in [0.2, 0.25) is 0 Å². The first kappa shape index (κ1) is 13.4. The molecule has 1 nitrogen and oxygen atoms in total. The maximum Gasteiger partial charge on any atom is 0.00967 e. The molecule has 0 saturated heterocycles. The van der Waals surface area contributed by atoms with Gasteiger partial charge in [0.25, 0.3) is 0 Å². The summed E-state index contributed by atoms with van der Waals surface area (Å²) in [6.07, 6.45) is 7.33. The van der Waals surface area contributed by atoms with Crippen molar-refractivity contribution in [3.05, 3.63) is 0 Å². The molecule has 2 rings (SSSR count). The Morgan fingerprint density at radius 1 is 1.24 bits per heavy atom. The molecule has 100 valence electrons. The number of hydrogen-bond acceptors (Lipinski definition) is 1. The summed E-state index contributed by atoms with van der Waals surface area (Å²) in [4.78, 5) is 0. The maximum atomic E-state index is 3.78. The van der Waals surface area contributed by atoms with Crippen molar-refractivity contribution in [3.8, 4) is 0 Å². The zero-order chi connectivity index (χ0) is 12.7. The Balaban J connectivity index is 1.93. The zero-order valence-electron chi connectivity index (χ0n) is 12.5. The Hall–Kier alpha value is -0.0400. The van der Waals surface area contributed by atoms with Crippen molar-refractivity contribution in [3.63, 3.8) is 0 Å². The SMILES string of the molecule is CCC(C)CC1(CNC(C)(C)C)CC2CC2C1. The molecule has 3 unspecified atom stereocenters.